The molecule has 0 aromatic carbocycles. The van der Waals surface area contributed by atoms with Crippen molar-refractivity contribution in [3.8, 4) is 0 Å². The largest absolute Gasteiger partial charge is 0.481 e. The lowest BCUT2D eigenvalue weighted by molar-refractivity contribution is -0.161. The van der Waals surface area contributed by atoms with E-state index in [1.165, 1.54) is 6.07 Å². The predicted molar refractivity (Wildman–Crippen MR) is 290 cm³/mol. The molecule has 0 saturated carbocycles. The van der Waals surface area contributed by atoms with E-state index < -0.39 is 89.8 Å². The Morgan fingerprint density at radius 3 is 1.91 bits per heavy atom. The number of aromatic nitrogens is 2. The highest BCUT2D eigenvalue weighted by Gasteiger charge is 2.46. The molecule has 19 nitrogen and oxygen atoms in total. The first kappa shape index (κ1) is 66.5. The minimum atomic E-state index is -5.46. The first-order valence-electron chi connectivity index (χ1n) is 26.0. The summed E-state index contributed by atoms with van der Waals surface area (Å²) in [6.45, 7) is 1.81. The van der Waals surface area contributed by atoms with E-state index in [1.54, 1.807) is 6.08 Å². The van der Waals surface area contributed by atoms with Gasteiger partial charge in [0.1, 0.15) is 30.7 Å². The second kappa shape index (κ2) is 40.6. The van der Waals surface area contributed by atoms with Gasteiger partial charge in [-0.2, -0.15) is 9.29 Å². The fourth-order valence-electron chi connectivity index (χ4n) is 6.91. The molecule has 8 atom stereocenters. The van der Waals surface area contributed by atoms with Crippen LogP contribution in [0.15, 0.2) is 126 Å². The van der Waals surface area contributed by atoms with Crippen LogP contribution in [0.2, 0.25) is 0 Å². The van der Waals surface area contributed by atoms with Gasteiger partial charge in [-0.3, -0.25) is 23.2 Å². The van der Waals surface area contributed by atoms with Crippen molar-refractivity contribution in [3.63, 3.8) is 0 Å². The summed E-state index contributed by atoms with van der Waals surface area (Å²) >= 11 is 0. The molecule has 0 aliphatic carbocycles. The SMILES string of the molecule is CC/C=C\C/C=C\C/C=C\C/C=C\C/C=C\CCCCCC(=O)OC[C@H](COP(=O)(O)OP(=O)(O)OC[C@H]1O[C@@H](n2ccc(N)nc2=O)[C@H](O)[C@@H]1O)OC(=O)CCC/C=C\C/C=C\C/C=C\C=C\[C@@H](O)CCCCC. The summed E-state index contributed by atoms with van der Waals surface area (Å²) in [5.41, 5.74) is 4.57. The number of anilines is 1. The first-order chi connectivity index (χ1) is 36.1. The maximum absolute atomic E-state index is 12.9. The van der Waals surface area contributed by atoms with Crippen molar-refractivity contribution in [1.82, 2.24) is 9.55 Å². The molecule has 1 aliphatic heterocycles. The molecule has 0 spiro atoms. The van der Waals surface area contributed by atoms with Crippen LogP contribution in [0, 0.1) is 0 Å². The average Bonchev–Trinajstić information content (AvgIpc) is 3.64. The molecule has 2 rings (SSSR count). The van der Waals surface area contributed by atoms with Gasteiger partial charge in [0, 0.05) is 19.0 Å². The van der Waals surface area contributed by atoms with E-state index in [9.17, 15) is 48.6 Å². The molecule has 0 radical (unpaired) electrons. The number of hydrogen-bond acceptors (Lipinski definition) is 16. The van der Waals surface area contributed by atoms with Crippen LogP contribution in [0.5, 0.6) is 0 Å². The smallest absolute Gasteiger partial charge is 0.462 e. The minimum absolute atomic E-state index is 0.0600. The maximum atomic E-state index is 12.9. The van der Waals surface area contributed by atoms with Crippen LogP contribution in [-0.2, 0) is 46.3 Å². The first-order valence-corrected chi connectivity index (χ1v) is 29.0. The number of aliphatic hydroxyl groups is 3. The van der Waals surface area contributed by atoms with Crippen LogP contribution >= 0.6 is 15.6 Å². The summed E-state index contributed by atoms with van der Waals surface area (Å²) in [4.78, 5) is 61.9. The molecule has 75 heavy (non-hydrogen) atoms. The lowest BCUT2D eigenvalue weighted by atomic mass is 10.1. The van der Waals surface area contributed by atoms with Gasteiger partial charge < -0.3 is 45.1 Å². The van der Waals surface area contributed by atoms with E-state index in [2.05, 4.69) is 83.9 Å². The number of carbonyl (C=O) groups is 2. The quantitative estimate of drug-likeness (QED) is 0.0117. The molecule has 420 valence electrons. The van der Waals surface area contributed by atoms with Gasteiger partial charge in [-0.1, -0.05) is 149 Å². The standard InChI is InChI=1S/C54H83N3O16P2/c1-3-5-7-8-9-10-11-12-13-14-15-16-17-18-21-24-27-30-34-38-49(59)68-42-46(71-50(60)39-35-31-28-25-22-19-20-23-26-29-33-37-45(58)36-32-6-4-2)43-69-74(64,65)73-75(66,67)70-44-47-51(61)52(62)53(72-47)57-41-40-48(55)56-54(57)63/h5,7,9-10,12-13,15-16,18-21,25-26,28-29,33,37,40-41,45-47,51-53,58,61-62H,3-4,6,8,11,14,17,22-24,27,30-32,34-36,38-39,42-44H2,1-2H3,(H,64,65)(H,66,67)(H2,55,56,63)/b7-5-,10-9-,13-12-,16-15-,20-19-,21-18-,28-25-,29-26-,37-33+/t45-,46+,47+,51+,52+,53+/m0/s1. The zero-order chi connectivity index (χ0) is 55.0. The number of rotatable bonds is 41. The van der Waals surface area contributed by atoms with E-state index in [0.29, 0.717) is 25.7 Å². The van der Waals surface area contributed by atoms with Crippen LogP contribution in [0.25, 0.3) is 0 Å². The highest BCUT2D eigenvalue weighted by molar-refractivity contribution is 7.61. The fourth-order valence-corrected chi connectivity index (χ4v) is 9.02. The van der Waals surface area contributed by atoms with Crippen molar-refractivity contribution in [3.05, 3.63) is 132 Å². The number of nitrogens with two attached hydrogens (primary N) is 1. The molecule has 0 amide bonds. The monoisotopic (exact) mass is 1090 g/mol. The van der Waals surface area contributed by atoms with Gasteiger partial charge in [-0.15, -0.1) is 0 Å². The number of unbranched alkanes of at least 4 members (excludes halogenated alkanes) is 6. The fraction of sp³-hybridized carbons (Fsp3) is 0.556. The Balaban J connectivity index is 1.85. The van der Waals surface area contributed by atoms with Gasteiger partial charge in [0.15, 0.2) is 12.3 Å². The predicted octanol–water partition coefficient (Wildman–Crippen LogP) is 9.97. The number of ether oxygens (including phenoxy) is 3. The van der Waals surface area contributed by atoms with E-state index >= 15 is 0 Å². The van der Waals surface area contributed by atoms with E-state index in [-0.39, 0.29) is 18.7 Å². The van der Waals surface area contributed by atoms with Crippen molar-refractivity contribution in [2.24, 2.45) is 0 Å². The molecule has 1 aromatic rings. The third-order valence-corrected chi connectivity index (χ3v) is 13.5. The number of nitrogen functional groups attached to an aromatic ring is 1. The molecule has 1 saturated heterocycles. The zero-order valence-electron chi connectivity index (χ0n) is 43.7. The van der Waals surface area contributed by atoms with Crippen molar-refractivity contribution < 1.29 is 71.4 Å². The molecule has 0 bridgehead atoms. The Morgan fingerprint density at radius 2 is 1.29 bits per heavy atom. The summed E-state index contributed by atoms with van der Waals surface area (Å²) in [7, 11) is -10.9. The Morgan fingerprint density at radius 1 is 0.720 bits per heavy atom. The summed E-state index contributed by atoms with van der Waals surface area (Å²) < 4.78 is 56.7. The summed E-state index contributed by atoms with van der Waals surface area (Å²) in [5.74, 6) is -1.45. The average molecular weight is 1090 g/mol. The van der Waals surface area contributed by atoms with Gasteiger partial charge in [-0.05, 0) is 89.5 Å². The van der Waals surface area contributed by atoms with Crippen LogP contribution in [-0.4, -0.2) is 96.9 Å². The van der Waals surface area contributed by atoms with Crippen LogP contribution in [0.4, 0.5) is 5.82 Å². The second-order valence-electron chi connectivity index (χ2n) is 17.5. The van der Waals surface area contributed by atoms with E-state index in [4.69, 9.17) is 29.0 Å². The van der Waals surface area contributed by atoms with E-state index in [0.717, 1.165) is 94.2 Å². The second-order valence-corrected chi connectivity index (χ2v) is 20.5. The lowest BCUT2D eigenvalue weighted by Gasteiger charge is -2.21. The van der Waals surface area contributed by atoms with Gasteiger partial charge >= 0.3 is 33.3 Å². The molecule has 21 heteroatoms. The van der Waals surface area contributed by atoms with Gasteiger partial charge in [-0.25, -0.2) is 13.9 Å². The Labute approximate surface area is 443 Å². The summed E-state index contributed by atoms with van der Waals surface area (Å²) in [6.07, 6.45) is 43.5. The van der Waals surface area contributed by atoms with Gasteiger partial charge in [0.25, 0.3) is 0 Å². The van der Waals surface area contributed by atoms with Gasteiger partial charge in [0.2, 0.25) is 0 Å². The number of hydrogen-bond donors (Lipinski definition) is 6. The third kappa shape index (κ3) is 33.2. The Bertz CT molecular complexity index is 2200. The Hall–Kier alpha value is -4.62. The number of carbonyl (C=O) groups excluding carboxylic acids is 2. The number of phosphoric ester groups is 2. The third-order valence-electron chi connectivity index (χ3n) is 10.9. The number of allylic oxidation sites excluding steroid dienone is 17. The summed E-state index contributed by atoms with van der Waals surface area (Å²) in [6, 6.07) is 1.24. The van der Waals surface area contributed by atoms with Crippen LogP contribution < -0.4 is 11.4 Å². The van der Waals surface area contributed by atoms with Crippen molar-refractivity contribution in [2.45, 2.75) is 173 Å². The zero-order valence-corrected chi connectivity index (χ0v) is 45.4. The number of esters is 2. The summed E-state index contributed by atoms with van der Waals surface area (Å²) in [5, 5.41) is 30.9. The number of nitrogens with zero attached hydrogens (tertiary/aromatic N) is 2. The molecule has 2 unspecified atom stereocenters. The number of aliphatic hydroxyl groups excluding tert-OH is 3. The van der Waals surface area contributed by atoms with Gasteiger partial charge in [0.05, 0.1) is 19.3 Å². The Kier molecular flexibility index (Phi) is 36.0. The molecule has 1 aromatic heterocycles. The molecular formula is C54H83N3O16P2. The highest BCUT2D eigenvalue weighted by Crippen LogP contribution is 2.60. The minimum Gasteiger partial charge on any atom is -0.462 e. The van der Waals surface area contributed by atoms with E-state index in [1.807, 2.05) is 42.5 Å². The lowest BCUT2D eigenvalue weighted by Crippen LogP contribution is -2.36. The van der Waals surface area contributed by atoms with Crippen molar-refractivity contribution >= 4 is 33.4 Å². The van der Waals surface area contributed by atoms with Crippen LogP contribution in [0.1, 0.15) is 142 Å². The molecule has 7 N–H and O–H groups in total. The molecular weight excluding hydrogens is 1010 g/mol. The number of phosphoric acid groups is 2. The normalized spacial score (nSPS) is 20.1. The maximum Gasteiger partial charge on any atom is 0.481 e. The molecule has 1 aliphatic rings. The topological polar surface area (TPSA) is 286 Å². The van der Waals surface area contributed by atoms with Crippen molar-refractivity contribution in [1.29, 1.82) is 0 Å². The molecule has 1 fully saturated rings. The van der Waals surface area contributed by atoms with Crippen LogP contribution in [0.3, 0.4) is 0 Å². The van der Waals surface area contributed by atoms with Crippen molar-refractivity contribution in [2.75, 3.05) is 25.6 Å². The molecule has 2 heterocycles. The highest BCUT2D eigenvalue weighted by atomic mass is 31.3.